The summed E-state index contributed by atoms with van der Waals surface area (Å²) in [6.45, 7) is 1.83. The molecule has 3 rings (SSSR count). The summed E-state index contributed by atoms with van der Waals surface area (Å²) in [5.74, 6) is 0.638. The second-order valence-electron chi connectivity index (χ2n) is 6.51. The van der Waals surface area contributed by atoms with E-state index in [0.29, 0.717) is 12.2 Å². The molecule has 0 amide bonds. The van der Waals surface area contributed by atoms with E-state index in [4.69, 9.17) is 9.88 Å². The van der Waals surface area contributed by atoms with E-state index in [0.717, 1.165) is 34.4 Å². The molecule has 0 fully saturated rings. The maximum atomic E-state index is 11.4. The topological polar surface area (TPSA) is 103 Å². The van der Waals surface area contributed by atoms with Crippen LogP contribution < -0.4 is 9.88 Å². The number of rotatable bonds is 8. The van der Waals surface area contributed by atoms with E-state index >= 15 is 0 Å². The number of nitrogens with two attached hydrogens (primary N) is 1. The zero-order valence-corrected chi connectivity index (χ0v) is 17.0. The number of nitrogens with zero attached hydrogens (tertiary/aromatic N) is 1. The van der Waals surface area contributed by atoms with Crippen LogP contribution in [-0.2, 0) is 16.4 Å². The summed E-state index contributed by atoms with van der Waals surface area (Å²) in [6, 6.07) is 12.7. The second kappa shape index (κ2) is 8.83. The molecule has 0 aliphatic carbocycles. The number of sulfonamides is 1. The fourth-order valence-corrected chi connectivity index (χ4v) is 4.35. The van der Waals surface area contributed by atoms with E-state index in [-0.39, 0.29) is 10.3 Å². The summed E-state index contributed by atoms with van der Waals surface area (Å²) >= 11 is 1.09. The number of aliphatic hydroxyl groups is 1. The highest BCUT2D eigenvalue weighted by atomic mass is 32.2. The predicted octanol–water partition coefficient (Wildman–Crippen LogP) is 3.22. The lowest BCUT2D eigenvalue weighted by Crippen LogP contribution is -2.29. The van der Waals surface area contributed by atoms with Crippen molar-refractivity contribution in [1.29, 1.82) is 0 Å². The third kappa shape index (κ3) is 5.39. The van der Waals surface area contributed by atoms with Gasteiger partial charge in [0.2, 0.25) is 10.0 Å². The lowest BCUT2D eigenvalue weighted by atomic mass is 10.1. The first-order chi connectivity index (χ1) is 13.3. The molecule has 3 aromatic rings. The number of benzene rings is 1. The van der Waals surface area contributed by atoms with Crippen molar-refractivity contribution in [2.24, 2.45) is 5.14 Å². The van der Waals surface area contributed by atoms with Gasteiger partial charge < -0.3 is 9.84 Å². The molecule has 0 aliphatic rings. The molecule has 2 aromatic heterocycles. The summed E-state index contributed by atoms with van der Waals surface area (Å²) in [5, 5.41) is 17.2. The van der Waals surface area contributed by atoms with Gasteiger partial charge >= 0.3 is 0 Å². The van der Waals surface area contributed by atoms with Crippen LogP contribution in [0.1, 0.15) is 18.9 Å². The summed E-state index contributed by atoms with van der Waals surface area (Å²) in [7, 11) is -3.69. The Morgan fingerprint density at radius 2 is 1.96 bits per heavy atom. The maximum absolute atomic E-state index is 11.4. The number of ether oxygens (including phenoxy) is 1. The van der Waals surface area contributed by atoms with Gasteiger partial charge in [-0.2, -0.15) is 0 Å². The fourth-order valence-electron chi connectivity index (χ4n) is 2.73. The molecule has 6 nitrogen and oxygen atoms in total. The molecule has 1 aromatic carbocycles. The van der Waals surface area contributed by atoms with Gasteiger partial charge in [0.15, 0.2) is 0 Å². The molecule has 0 radical (unpaired) electrons. The molecule has 0 saturated carbocycles. The monoisotopic (exact) mass is 418 g/mol. The molecule has 0 aliphatic heterocycles. The smallest absolute Gasteiger partial charge is 0.247 e. The minimum atomic E-state index is -3.69. The van der Waals surface area contributed by atoms with Gasteiger partial charge in [-0.25, -0.2) is 13.6 Å². The molecule has 0 spiro atoms. The molecule has 2 unspecified atom stereocenters. The van der Waals surface area contributed by atoms with Crippen molar-refractivity contribution in [2.45, 2.75) is 36.2 Å². The predicted molar refractivity (Wildman–Crippen MR) is 110 cm³/mol. The number of pyridine rings is 1. The Morgan fingerprint density at radius 3 is 2.57 bits per heavy atom. The highest BCUT2D eigenvalue weighted by Gasteiger charge is 2.16. The van der Waals surface area contributed by atoms with Crippen LogP contribution in [0.4, 0.5) is 0 Å². The maximum Gasteiger partial charge on any atom is 0.247 e. The molecule has 2 atom stereocenters. The Morgan fingerprint density at radius 1 is 1.21 bits per heavy atom. The average Bonchev–Trinajstić information content (AvgIpc) is 3.18. The first-order valence-electron chi connectivity index (χ1n) is 8.78. The Balaban J connectivity index is 1.58. The van der Waals surface area contributed by atoms with Gasteiger partial charge in [-0.1, -0.05) is 18.2 Å². The standard InChI is InChI=1S/C20H22N2O4S2/c1-14(19(23)9-4-15-3-2-10-22-12-15)26-18-7-5-16(6-8-18)17-11-20(27-13-17)28(21,24)25/h2-3,5-8,10-14,19,23H,4,9H2,1H3,(H2,21,24,25). The largest absolute Gasteiger partial charge is 0.488 e. The van der Waals surface area contributed by atoms with Crippen molar-refractivity contribution in [3.05, 3.63) is 65.8 Å². The quantitative estimate of drug-likeness (QED) is 0.585. The lowest BCUT2D eigenvalue weighted by Gasteiger charge is -2.20. The minimum Gasteiger partial charge on any atom is -0.488 e. The zero-order chi connectivity index (χ0) is 20.1. The third-order valence-electron chi connectivity index (χ3n) is 4.36. The van der Waals surface area contributed by atoms with Crippen LogP contribution in [0.2, 0.25) is 0 Å². The van der Waals surface area contributed by atoms with Crippen LogP contribution >= 0.6 is 11.3 Å². The number of hydrogen-bond acceptors (Lipinski definition) is 6. The number of aromatic nitrogens is 1. The van der Waals surface area contributed by atoms with Gasteiger partial charge in [0.05, 0.1) is 6.10 Å². The molecule has 28 heavy (non-hydrogen) atoms. The van der Waals surface area contributed by atoms with Crippen molar-refractivity contribution in [2.75, 3.05) is 0 Å². The molecule has 3 N–H and O–H groups in total. The highest BCUT2D eigenvalue weighted by Crippen LogP contribution is 2.29. The summed E-state index contributed by atoms with van der Waals surface area (Å²) in [6.07, 6.45) is 3.86. The summed E-state index contributed by atoms with van der Waals surface area (Å²) in [4.78, 5) is 4.07. The van der Waals surface area contributed by atoms with E-state index in [9.17, 15) is 13.5 Å². The number of aryl methyl sites for hydroxylation is 1. The van der Waals surface area contributed by atoms with Crippen molar-refractivity contribution in [1.82, 2.24) is 4.98 Å². The Bertz CT molecular complexity index is 1000. The van der Waals surface area contributed by atoms with E-state index in [1.54, 1.807) is 36.0 Å². The average molecular weight is 419 g/mol. The zero-order valence-electron chi connectivity index (χ0n) is 15.4. The molecular formula is C20H22N2O4S2. The van der Waals surface area contributed by atoms with Crippen molar-refractivity contribution >= 4 is 21.4 Å². The third-order valence-corrected chi connectivity index (χ3v) is 6.75. The summed E-state index contributed by atoms with van der Waals surface area (Å²) in [5.41, 5.74) is 2.72. The Hall–Kier alpha value is -2.26. The number of primary sulfonamides is 1. The van der Waals surface area contributed by atoms with Crippen molar-refractivity contribution < 1.29 is 18.3 Å². The minimum absolute atomic E-state index is 0.133. The van der Waals surface area contributed by atoms with Crippen LogP contribution in [0.5, 0.6) is 5.75 Å². The molecule has 148 valence electrons. The van der Waals surface area contributed by atoms with E-state index < -0.39 is 16.1 Å². The number of aliphatic hydroxyl groups excluding tert-OH is 1. The lowest BCUT2D eigenvalue weighted by molar-refractivity contribution is 0.0420. The van der Waals surface area contributed by atoms with Gasteiger partial charge in [0.1, 0.15) is 16.1 Å². The van der Waals surface area contributed by atoms with Gasteiger partial charge in [-0.3, -0.25) is 4.98 Å². The van der Waals surface area contributed by atoms with Crippen LogP contribution in [-0.4, -0.2) is 30.7 Å². The molecule has 0 saturated heterocycles. The van der Waals surface area contributed by atoms with E-state index in [1.807, 2.05) is 31.2 Å². The molecular weight excluding hydrogens is 396 g/mol. The number of thiophene rings is 1. The van der Waals surface area contributed by atoms with Crippen LogP contribution in [0.15, 0.2) is 64.4 Å². The molecule has 2 heterocycles. The van der Waals surface area contributed by atoms with Gasteiger partial charge in [-0.05, 0) is 66.1 Å². The first-order valence-corrected chi connectivity index (χ1v) is 11.2. The van der Waals surface area contributed by atoms with E-state index in [2.05, 4.69) is 4.98 Å². The normalized spacial score (nSPS) is 13.8. The van der Waals surface area contributed by atoms with Crippen LogP contribution in [0.25, 0.3) is 11.1 Å². The van der Waals surface area contributed by atoms with Gasteiger partial charge in [0, 0.05) is 12.4 Å². The van der Waals surface area contributed by atoms with E-state index in [1.165, 1.54) is 0 Å². The molecule has 8 heteroatoms. The molecule has 0 bridgehead atoms. The fraction of sp³-hybridized carbons (Fsp3) is 0.250. The second-order valence-corrected chi connectivity index (χ2v) is 9.21. The van der Waals surface area contributed by atoms with Crippen LogP contribution in [0.3, 0.4) is 0 Å². The highest BCUT2D eigenvalue weighted by molar-refractivity contribution is 7.91. The van der Waals surface area contributed by atoms with Crippen molar-refractivity contribution in [3.63, 3.8) is 0 Å². The van der Waals surface area contributed by atoms with Gasteiger partial charge in [0.25, 0.3) is 0 Å². The van der Waals surface area contributed by atoms with Crippen LogP contribution in [0, 0.1) is 0 Å². The SMILES string of the molecule is CC(Oc1ccc(-c2csc(S(N)(=O)=O)c2)cc1)C(O)CCc1cccnc1. The van der Waals surface area contributed by atoms with Crippen molar-refractivity contribution in [3.8, 4) is 16.9 Å². The number of hydrogen-bond donors (Lipinski definition) is 2. The Kier molecular flexibility index (Phi) is 6.46. The van der Waals surface area contributed by atoms with Gasteiger partial charge in [-0.15, -0.1) is 11.3 Å². The Labute approximate surface area is 168 Å². The summed E-state index contributed by atoms with van der Waals surface area (Å²) < 4.78 is 28.8. The first kappa shape index (κ1) is 20.5.